The molecule has 1 aliphatic rings. The number of rotatable bonds is 3. The molecule has 0 unspecified atom stereocenters. The average molecular weight is 414 g/mol. The maximum Gasteiger partial charge on any atom is 0.293 e. The van der Waals surface area contributed by atoms with Crippen molar-refractivity contribution < 1.29 is 17.6 Å². The highest BCUT2D eigenvalue weighted by atomic mass is 35.5. The lowest BCUT2D eigenvalue weighted by atomic mass is 10.4. The van der Waals surface area contributed by atoms with E-state index < -0.39 is 15.9 Å². The molecule has 26 heavy (non-hydrogen) atoms. The van der Waals surface area contributed by atoms with Crippen LogP contribution < -0.4 is 5.32 Å². The zero-order valence-corrected chi connectivity index (χ0v) is 16.0. The number of piperazine rings is 1. The number of nitrogens with one attached hydrogen (secondary N) is 1. The molecular weight excluding hydrogens is 398 g/mol. The third-order valence-electron chi connectivity index (χ3n) is 3.94. The molecular formula is C16H16ClN3O4S2. The van der Waals surface area contributed by atoms with Crippen LogP contribution in [0.1, 0.15) is 10.6 Å². The van der Waals surface area contributed by atoms with Crippen LogP contribution >= 0.6 is 23.8 Å². The second-order valence-electron chi connectivity index (χ2n) is 5.58. The number of hydrogen-bond acceptors (Lipinski definition) is 5. The van der Waals surface area contributed by atoms with Gasteiger partial charge in [-0.1, -0.05) is 11.6 Å². The summed E-state index contributed by atoms with van der Waals surface area (Å²) in [4.78, 5) is 13.9. The molecule has 7 nitrogen and oxygen atoms in total. The topological polar surface area (TPSA) is 82.9 Å². The van der Waals surface area contributed by atoms with Gasteiger partial charge >= 0.3 is 0 Å². The van der Waals surface area contributed by atoms with E-state index in [0.717, 1.165) is 0 Å². The van der Waals surface area contributed by atoms with Crippen molar-refractivity contribution in [3.05, 3.63) is 53.4 Å². The Hall–Kier alpha value is -1.94. The number of furan rings is 1. The highest BCUT2D eigenvalue weighted by Crippen LogP contribution is 2.20. The zero-order chi connectivity index (χ0) is 18.7. The molecule has 2 heterocycles. The highest BCUT2D eigenvalue weighted by molar-refractivity contribution is 7.89. The van der Waals surface area contributed by atoms with Crippen molar-refractivity contribution in [1.29, 1.82) is 0 Å². The first-order valence-corrected chi connectivity index (χ1v) is 10.00. The van der Waals surface area contributed by atoms with Gasteiger partial charge in [-0.25, -0.2) is 8.42 Å². The molecule has 1 fully saturated rings. The molecule has 0 saturated carbocycles. The molecule has 1 aromatic heterocycles. The fraction of sp³-hybridized carbons (Fsp3) is 0.250. The standard InChI is InChI=1S/C16H16ClN3O4S2/c17-12-3-5-13(6-4-12)26(22,23)20-9-7-19(8-10-20)16(25)18-15(21)14-2-1-11-24-14/h1-6,11H,7-10H2,(H,18,21,25). The number of sulfonamides is 1. The van der Waals surface area contributed by atoms with Crippen molar-refractivity contribution in [3.8, 4) is 0 Å². The van der Waals surface area contributed by atoms with E-state index in [0.29, 0.717) is 18.1 Å². The Morgan fingerprint density at radius 2 is 1.77 bits per heavy atom. The lowest BCUT2D eigenvalue weighted by Crippen LogP contribution is -2.53. The van der Waals surface area contributed by atoms with Crippen LogP contribution in [0.4, 0.5) is 0 Å². The van der Waals surface area contributed by atoms with Gasteiger partial charge in [0.2, 0.25) is 10.0 Å². The van der Waals surface area contributed by atoms with Crippen LogP contribution in [0.2, 0.25) is 5.02 Å². The van der Waals surface area contributed by atoms with Crippen LogP contribution in [0.25, 0.3) is 0 Å². The van der Waals surface area contributed by atoms with Gasteiger partial charge in [-0.15, -0.1) is 0 Å². The van der Waals surface area contributed by atoms with Gasteiger partial charge in [0.05, 0.1) is 11.2 Å². The maximum absolute atomic E-state index is 12.7. The van der Waals surface area contributed by atoms with Gasteiger partial charge in [-0.2, -0.15) is 4.31 Å². The molecule has 10 heteroatoms. The number of nitrogens with zero attached hydrogens (tertiary/aromatic N) is 2. The Morgan fingerprint density at radius 1 is 1.12 bits per heavy atom. The minimum Gasteiger partial charge on any atom is -0.459 e. The summed E-state index contributed by atoms with van der Waals surface area (Å²) < 4.78 is 31.7. The number of carbonyl (C=O) groups is 1. The van der Waals surface area contributed by atoms with E-state index in [9.17, 15) is 13.2 Å². The summed E-state index contributed by atoms with van der Waals surface area (Å²) in [5, 5.41) is 3.31. The zero-order valence-electron chi connectivity index (χ0n) is 13.6. The van der Waals surface area contributed by atoms with E-state index in [4.69, 9.17) is 28.2 Å². The van der Waals surface area contributed by atoms with Crippen molar-refractivity contribution in [1.82, 2.24) is 14.5 Å². The van der Waals surface area contributed by atoms with Crippen LogP contribution in [-0.4, -0.2) is 54.8 Å². The summed E-state index contributed by atoms with van der Waals surface area (Å²) >= 11 is 11.0. The van der Waals surface area contributed by atoms with Crippen LogP contribution in [0, 0.1) is 0 Å². The van der Waals surface area contributed by atoms with Crippen LogP contribution in [0.3, 0.4) is 0 Å². The fourth-order valence-corrected chi connectivity index (χ4v) is 4.36. The maximum atomic E-state index is 12.7. The van der Waals surface area contributed by atoms with Crippen molar-refractivity contribution in [2.45, 2.75) is 4.90 Å². The van der Waals surface area contributed by atoms with Crippen molar-refractivity contribution in [2.75, 3.05) is 26.2 Å². The van der Waals surface area contributed by atoms with E-state index in [2.05, 4.69) is 5.32 Å². The molecule has 0 aliphatic carbocycles. The Labute approximate surface area is 161 Å². The second kappa shape index (κ2) is 7.75. The van der Waals surface area contributed by atoms with Gasteiger partial charge in [0.25, 0.3) is 5.91 Å². The minimum atomic E-state index is -3.58. The van der Waals surface area contributed by atoms with E-state index in [-0.39, 0.29) is 28.9 Å². The first-order chi connectivity index (χ1) is 12.4. The van der Waals surface area contributed by atoms with Gasteiger partial charge in [-0.3, -0.25) is 10.1 Å². The van der Waals surface area contributed by atoms with Gasteiger partial charge in [-0.05, 0) is 48.6 Å². The van der Waals surface area contributed by atoms with Gasteiger partial charge < -0.3 is 9.32 Å². The third kappa shape index (κ3) is 4.07. The molecule has 1 aliphatic heterocycles. The lowest BCUT2D eigenvalue weighted by Gasteiger charge is -2.35. The largest absolute Gasteiger partial charge is 0.459 e. The van der Waals surface area contributed by atoms with Crippen LogP contribution in [0.5, 0.6) is 0 Å². The summed E-state index contributed by atoms with van der Waals surface area (Å²) in [6.45, 7) is 1.29. The highest BCUT2D eigenvalue weighted by Gasteiger charge is 2.29. The SMILES string of the molecule is O=C(NC(=S)N1CCN(S(=O)(=O)c2ccc(Cl)cc2)CC1)c1ccco1. The first kappa shape index (κ1) is 18.8. The Morgan fingerprint density at radius 3 is 2.35 bits per heavy atom. The van der Waals surface area contributed by atoms with E-state index in [1.165, 1.54) is 28.8 Å². The van der Waals surface area contributed by atoms with Gasteiger partial charge in [0.15, 0.2) is 10.9 Å². The first-order valence-electron chi connectivity index (χ1n) is 7.77. The summed E-state index contributed by atoms with van der Waals surface area (Å²) in [6, 6.07) is 9.21. The molecule has 0 atom stereocenters. The quantitative estimate of drug-likeness (QED) is 0.774. The fourth-order valence-electron chi connectivity index (χ4n) is 2.53. The predicted octanol–water partition coefficient (Wildman–Crippen LogP) is 1.95. The summed E-state index contributed by atoms with van der Waals surface area (Å²) in [5.41, 5.74) is 0. The monoisotopic (exact) mass is 413 g/mol. The van der Waals surface area contributed by atoms with E-state index >= 15 is 0 Å². The van der Waals surface area contributed by atoms with E-state index in [1.807, 2.05) is 0 Å². The lowest BCUT2D eigenvalue weighted by molar-refractivity contribution is 0.0944. The number of benzene rings is 1. The molecule has 0 radical (unpaired) electrons. The molecule has 1 amide bonds. The molecule has 2 aromatic rings. The predicted molar refractivity (Wildman–Crippen MR) is 101 cm³/mol. The average Bonchev–Trinajstić information content (AvgIpc) is 3.17. The normalized spacial score (nSPS) is 15.7. The minimum absolute atomic E-state index is 0.163. The Bertz CT molecular complexity index is 890. The smallest absolute Gasteiger partial charge is 0.293 e. The van der Waals surface area contributed by atoms with Crippen molar-refractivity contribution in [2.24, 2.45) is 0 Å². The molecule has 1 saturated heterocycles. The van der Waals surface area contributed by atoms with Crippen molar-refractivity contribution in [3.63, 3.8) is 0 Å². The molecule has 1 N–H and O–H groups in total. The molecule has 0 bridgehead atoms. The van der Waals surface area contributed by atoms with Crippen LogP contribution in [-0.2, 0) is 10.0 Å². The molecule has 138 valence electrons. The molecule has 0 spiro atoms. The van der Waals surface area contributed by atoms with Crippen molar-refractivity contribution >= 4 is 44.9 Å². The number of halogens is 1. The van der Waals surface area contributed by atoms with E-state index in [1.54, 1.807) is 23.1 Å². The molecule has 3 rings (SSSR count). The Balaban J connectivity index is 1.59. The number of thiocarbonyl (C=S) groups is 1. The van der Waals surface area contributed by atoms with Gasteiger partial charge in [0, 0.05) is 31.2 Å². The second-order valence-corrected chi connectivity index (χ2v) is 8.34. The number of carbonyl (C=O) groups excluding carboxylic acids is 1. The van der Waals surface area contributed by atoms with Gasteiger partial charge in [0.1, 0.15) is 0 Å². The molecule has 1 aromatic carbocycles. The Kier molecular flexibility index (Phi) is 5.61. The van der Waals surface area contributed by atoms with Crippen LogP contribution in [0.15, 0.2) is 52.0 Å². The number of hydrogen-bond donors (Lipinski definition) is 1. The number of amides is 1. The summed E-state index contributed by atoms with van der Waals surface area (Å²) in [6.07, 6.45) is 1.40. The summed E-state index contributed by atoms with van der Waals surface area (Å²) in [7, 11) is -3.58. The third-order valence-corrected chi connectivity index (χ3v) is 6.47. The summed E-state index contributed by atoms with van der Waals surface area (Å²) in [5.74, 6) is -0.271.